The van der Waals surface area contributed by atoms with Crippen LogP contribution in [0.3, 0.4) is 0 Å². The number of amidine groups is 1. The van der Waals surface area contributed by atoms with Gasteiger partial charge in [-0.2, -0.15) is 0 Å². The predicted octanol–water partition coefficient (Wildman–Crippen LogP) is 2.10. The third kappa shape index (κ3) is 4.01. The Morgan fingerprint density at radius 1 is 1.21 bits per heavy atom. The number of sulfonamides is 1. The van der Waals surface area contributed by atoms with E-state index in [0.717, 1.165) is 24.8 Å². The second kappa shape index (κ2) is 7.50. The van der Waals surface area contributed by atoms with Crippen LogP contribution in [-0.2, 0) is 21.2 Å². The van der Waals surface area contributed by atoms with Crippen molar-refractivity contribution in [3.05, 3.63) is 59.6 Å². The number of rotatable bonds is 3. The average Bonchev–Trinajstić information content (AvgIpc) is 2.67. The quantitative estimate of drug-likeness (QED) is 0.775. The molecule has 0 N–H and O–H groups in total. The van der Waals surface area contributed by atoms with Crippen LogP contribution in [-0.4, -0.2) is 55.3 Å². The summed E-state index contributed by atoms with van der Waals surface area (Å²) >= 11 is 0. The van der Waals surface area contributed by atoms with Gasteiger partial charge >= 0.3 is 0 Å². The van der Waals surface area contributed by atoms with E-state index < -0.39 is 10.0 Å². The Bertz CT molecular complexity index is 976. The Hall–Kier alpha value is -2.48. The first-order chi connectivity index (χ1) is 13.4. The minimum atomic E-state index is -3.53. The third-order valence-electron chi connectivity index (χ3n) is 5.40. The van der Waals surface area contributed by atoms with Gasteiger partial charge in [0.25, 0.3) is 15.9 Å². The Morgan fingerprint density at radius 3 is 2.75 bits per heavy atom. The van der Waals surface area contributed by atoms with Gasteiger partial charge in [-0.1, -0.05) is 12.1 Å². The van der Waals surface area contributed by atoms with Crippen molar-refractivity contribution in [3.8, 4) is 0 Å². The van der Waals surface area contributed by atoms with E-state index in [1.54, 1.807) is 40.3 Å². The molecule has 1 fully saturated rings. The van der Waals surface area contributed by atoms with Gasteiger partial charge in [-0.25, -0.2) is 12.8 Å². The first kappa shape index (κ1) is 18.9. The van der Waals surface area contributed by atoms with Gasteiger partial charge in [0.05, 0.1) is 11.3 Å². The van der Waals surface area contributed by atoms with E-state index in [2.05, 4.69) is 4.40 Å². The van der Waals surface area contributed by atoms with Gasteiger partial charge in [0.2, 0.25) is 0 Å². The Morgan fingerprint density at radius 2 is 2.00 bits per heavy atom. The topological polar surface area (TPSA) is 70.0 Å². The fraction of sp³-hybridized carbons (Fsp3) is 0.400. The van der Waals surface area contributed by atoms with E-state index in [-0.39, 0.29) is 23.3 Å². The molecule has 1 amide bonds. The molecule has 1 aromatic rings. The minimum Gasteiger partial charge on any atom is -0.339 e. The SMILES string of the molecule is O=C(C1=CC=CN2CCS(=O)(=O)N=C12)N1CCC(Cc2cccc(F)c2)CC1. The van der Waals surface area contributed by atoms with Crippen molar-refractivity contribution in [1.82, 2.24) is 9.80 Å². The number of nitrogens with zero attached hydrogens (tertiary/aromatic N) is 3. The fourth-order valence-electron chi connectivity index (χ4n) is 3.89. The van der Waals surface area contributed by atoms with E-state index in [0.29, 0.717) is 31.1 Å². The highest BCUT2D eigenvalue weighted by Gasteiger charge is 2.33. The molecule has 3 aliphatic heterocycles. The molecule has 0 saturated carbocycles. The maximum Gasteiger partial charge on any atom is 0.257 e. The van der Waals surface area contributed by atoms with Crippen molar-refractivity contribution < 1.29 is 17.6 Å². The van der Waals surface area contributed by atoms with Gasteiger partial charge < -0.3 is 9.80 Å². The smallest absolute Gasteiger partial charge is 0.257 e. The maximum absolute atomic E-state index is 13.4. The van der Waals surface area contributed by atoms with Gasteiger partial charge in [0.1, 0.15) is 5.82 Å². The summed E-state index contributed by atoms with van der Waals surface area (Å²) in [7, 11) is -3.53. The van der Waals surface area contributed by atoms with E-state index in [1.807, 2.05) is 6.07 Å². The lowest BCUT2D eigenvalue weighted by atomic mass is 9.90. The molecule has 0 aliphatic carbocycles. The molecule has 0 radical (unpaired) electrons. The summed E-state index contributed by atoms with van der Waals surface area (Å²) in [6.07, 6.45) is 7.59. The van der Waals surface area contributed by atoms with Crippen LogP contribution in [0.25, 0.3) is 0 Å². The summed E-state index contributed by atoms with van der Waals surface area (Å²) in [5.41, 5.74) is 1.30. The van der Waals surface area contributed by atoms with Crippen LogP contribution in [0, 0.1) is 11.7 Å². The fourth-order valence-corrected chi connectivity index (χ4v) is 4.88. The second-order valence-electron chi connectivity index (χ2n) is 7.39. The third-order valence-corrected chi connectivity index (χ3v) is 6.55. The Kier molecular flexibility index (Phi) is 5.05. The predicted molar refractivity (Wildman–Crippen MR) is 105 cm³/mol. The molecule has 28 heavy (non-hydrogen) atoms. The molecule has 6 nitrogen and oxygen atoms in total. The van der Waals surface area contributed by atoms with Gasteiger partial charge in [-0.05, 0) is 55.0 Å². The number of hydrogen-bond donors (Lipinski definition) is 0. The zero-order valence-electron chi connectivity index (χ0n) is 15.4. The van der Waals surface area contributed by atoms with Crippen LogP contribution in [0.15, 0.2) is 52.6 Å². The molecule has 4 rings (SSSR count). The van der Waals surface area contributed by atoms with E-state index in [9.17, 15) is 17.6 Å². The zero-order valence-corrected chi connectivity index (χ0v) is 16.2. The molecule has 0 spiro atoms. The molecule has 3 aliphatic rings. The standard InChI is InChI=1S/C20H22FN3O3S/c21-17-4-1-3-16(14-17)13-15-6-9-24(10-7-15)20(25)18-5-2-8-23-11-12-28(26,27)22-19(18)23/h1-5,8,14-15H,6-7,9-13H2. The van der Waals surface area contributed by atoms with Crippen molar-refractivity contribution in [2.24, 2.45) is 10.3 Å². The van der Waals surface area contributed by atoms with Crippen LogP contribution in [0.2, 0.25) is 0 Å². The number of piperidine rings is 1. The highest BCUT2D eigenvalue weighted by molar-refractivity contribution is 7.90. The summed E-state index contributed by atoms with van der Waals surface area (Å²) in [6, 6.07) is 6.65. The molecule has 0 aromatic heterocycles. The second-order valence-corrected chi connectivity index (χ2v) is 9.14. The summed E-state index contributed by atoms with van der Waals surface area (Å²) in [4.78, 5) is 16.5. The minimum absolute atomic E-state index is 0.0478. The highest BCUT2D eigenvalue weighted by atomic mass is 32.2. The normalized spacial score (nSPS) is 21.8. The lowest BCUT2D eigenvalue weighted by molar-refractivity contribution is -0.128. The van der Waals surface area contributed by atoms with Gasteiger partial charge in [-0.3, -0.25) is 4.79 Å². The van der Waals surface area contributed by atoms with Crippen molar-refractivity contribution in [3.63, 3.8) is 0 Å². The summed E-state index contributed by atoms with van der Waals surface area (Å²) in [6.45, 7) is 1.50. The van der Waals surface area contributed by atoms with Crippen molar-refractivity contribution in [2.75, 3.05) is 25.4 Å². The molecular weight excluding hydrogens is 381 g/mol. The van der Waals surface area contributed by atoms with Crippen LogP contribution >= 0.6 is 0 Å². The number of likely N-dealkylation sites (tertiary alicyclic amines) is 1. The Labute approximate surface area is 164 Å². The molecular formula is C20H22FN3O3S. The van der Waals surface area contributed by atoms with Crippen molar-refractivity contribution in [2.45, 2.75) is 19.3 Å². The highest BCUT2D eigenvalue weighted by Crippen LogP contribution is 2.25. The molecule has 3 heterocycles. The molecule has 0 atom stereocenters. The zero-order chi connectivity index (χ0) is 19.7. The maximum atomic E-state index is 13.4. The van der Waals surface area contributed by atoms with Crippen LogP contribution in [0.1, 0.15) is 18.4 Å². The summed E-state index contributed by atoms with van der Waals surface area (Å²) in [5.74, 6) is 0.161. The van der Waals surface area contributed by atoms with Crippen molar-refractivity contribution >= 4 is 21.8 Å². The van der Waals surface area contributed by atoms with Crippen LogP contribution in [0.5, 0.6) is 0 Å². The number of hydrogen-bond acceptors (Lipinski definition) is 4. The Balaban J connectivity index is 1.42. The summed E-state index contributed by atoms with van der Waals surface area (Å²) < 4.78 is 40.9. The van der Waals surface area contributed by atoms with Crippen molar-refractivity contribution in [1.29, 1.82) is 0 Å². The molecule has 148 valence electrons. The molecule has 8 heteroatoms. The molecule has 1 saturated heterocycles. The number of allylic oxidation sites excluding steroid dienone is 2. The monoisotopic (exact) mass is 403 g/mol. The summed E-state index contributed by atoms with van der Waals surface area (Å²) in [5, 5.41) is 0. The van der Waals surface area contributed by atoms with E-state index >= 15 is 0 Å². The number of halogens is 1. The first-order valence-corrected chi connectivity index (χ1v) is 11.0. The largest absolute Gasteiger partial charge is 0.339 e. The lowest BCUT2D eigenvalue weighted by Crippen LogP contribution is -2.45. The number of fused-ring (bicyclic) bond motifs is 1. The van der Waals surface area contributed by atoms with Crippen LogP contribution in [0.4, 0.5) is 4.39 Å². The molecule has 0 unspecified atom stereocenters. The molecule has 0 bridgehead atoms. The lowest BCUT2D eigenvalue weighted by Gasteiger charge is -2.35. The molecule has 1 aromatic carbocycles. The van der Waals surface area contributed by atoms with Gasteiger partial charge in [0.15, 0.2) is 5.84 Å². The van der Waals surface area contributed by atoms with Gasteiger partial charge in [0, 0.05) is 25.8 Å². The average molecular weight is 403 g/mol. The van der Waals surface area contributed by atoms with Crippen LogP contribution < -0.4 is 0 Å². The van der Waals surface area contributed by atoms with E-state index in [1.165, 1.54) is 6.07 Å². The number of benzene rings is 1. The number of carbonyl (C=O) groups excluding carboxylic acids is 1. The number of carbonyl (C=O) groups is 1. The van der Waals surface area contributed by atoms with E-state index in [4.69, 9.17) is 0 Å². The first-order valence-electron chi connectivity index (χ1n) is 9.43. The number of amides is 1. The van der Waals surface area contributed by atoms with Gasteiger partial charge in [-0.15, -0.1) is 4.40 Å².